The second-order valence-corrected chi connectivity index (χ2v) is 9.80. The van der Waals surface area contributed by atoms with E-state index in [-0.39, 0.29) is 31.2 Å². The summed E-state index contributed by atoms with van der Waals surface area (Å²) in [6.45, 7) is 0.0884. The molecule has 4 aliphatic rings. The molecule has 0 N–H and O–H groups in total. The summed E-state index contributed by atoms with van der Waals surface area (Å²) in [6, 6.07) is -4.00. The van der Waals surface area contributed by atoms with Gasteiger partial charge in [-0.1, -0.05) is 22.5 Å². The van der Waals surface area contributed by atoms with E-state index < -0.39 is 46.6 Å². The number of aromatic nitrogens is 2. The van der Waals surface area contributed by atoms with Crippen LogP contribution in [0.1, 0.15) is 11.1 Å². The minimum atomic E-state index is -5.57. The van der Waals surface area contributed by atoms with Gasteiger partial charge in [0.05, 0.1) is 25.5 Å². The topological polar surface area (TPSA) is 178 Å². The fourth-order valence-corrected chi connectivity index (χ4v) is 5.31. The number of alkyl halides is 2. The molecule has 16 nitrogen and oxygen atoms in total. The summed E-state index contributed by atoms with van der Waals surface area (Å²) < 4.78 is 72.4. The normalized spacial score (nSPS) is 22.9. The lowest BCUT2D eigenvalue weighted by Gasteiger charge is -2.26. The van der Waals surface area contributed by atoms with Crippen molar-refractivity contribution in [1.29, 1.82) is 0 Å². The Hall–Kier alpha value is -4.36. The number of amides is 4. The molecule has 0 aromatic carbocycles. The number of hydroxylamine groups is 4. The van der Waals surface area contributed by atoms with Crippen LogP contribution >= 0.6 is 0 Å². The molecule has 2 aromatic rings. The van der Waals surface area contributed by atoms with E-state index in [0.717, 1.165) is 4.90 Å². The summed E-state index contributed by atoms with van der Waals surface area (Å²) >= 11 is 0. The van der Waals surface area contributed by atoms with Gasteiger partial charge in [-0.05, 0) is 11.1 Å². The Bertz CT molecular complexity index is 1490. The van der Waals surface area contributed by atoms with E-state index in [1.807, 2.05) is 0 Å². The number of urea groups is 2. The van der Waals surface area contributed by atoms with Crippen LogP contribution in [0.2, 0.25) is 0 Å². The van der Waals surface area contributed by atoms with Crippen LogP contribution in [0.15, 0.2) is 46.1 Å². The standard InChI is InChI=1S/C20H16F2N6O10S/c21-20(22,37-27-15-7-25(18(27)30)3-1-13(15)11-5-23-34-9-11)17(29)36-39(32,33)38-28-16-8-26(19(28)31)4-2-14(16)12-6-24-35-10-12/h1-2,5-6,9-10,15-16H,3-4,7-8H2. The minimum absolute atomic E-state index is 0.00439. The first-order chi connectivity index (χ1) is 18.5. The first-order valence-corrected chi connectivity index (χ1v) is 12.5. The van der Waals surface area contributed by atoms with Gasteiger partial charge in [0.1, 0.15) is 24.6 Å². The molecule has 2 unspecified atom stereocenters. The van der Waals surface area contributed by atoms with Crippen molar-refractivity contribution in [3.8, 4) is 0 Å². The number of carbonyl (C=O) groups excluding carboxylic acids is 3. The second kappa shape index (κ2) is 8.85. The van der Waals surface area contributed by atoms with Crippen LogP contribution in [0.5, 0.6) is 0 Å². The summed E-state index contributed by atoms with van der Waals surface area (Å²) in [5, 5.41) is 7.71. The SMILES string of the molecule is O=C1N2CC=C(c3cnoc3)C(C2)N1OC(F)(F)C(=O)OS(=O)(=O)ON1C(=O)N2CC=C(c3cnoc3)C1C2. The zero-order valence-corrected chi connectivity index (χ0v) is 20.2. The molecule has 0 aliphatic carbocycles. The van der Waals surface area contributed by atoms with Crippen LogP contribution in [0.3, 0.4) is 0 Å². The van der Waals surface area contributed by atoms with Crippen LogP contribution in [0.25, 0.3) is 11.1 Å². The molecule has 2 atom stereocenters. The summed E-state index contributed by atoms with van der Waals surface area (Å²) in [6.07, 6.45) is 3.32. The summed E-state index contributed by atoms with van der Waals surface area (Å²) in [4.78, 5) is 44.1. The molecule has 6 rings (SSSR count). The van der Waals surface area contributed by atoms with E-state index in [9.17, 15) is 31.6 Å². The number of fused-ring (bicyclic) bond motifs is 4. The predicted octanol–water partition coefficient (Wildman–Crippen LogP) is 0.613. The molecular formula is C20H16F2N6O10S. The molecule has 4 aliphatic heterocycles. The fraction of sp³-hybridized carbons (Fsp3) is 0.350. The molecule has 0 spiro atoms. The number of hydrogen-bond donors (Lipinski definition) is 0. The molecule has 19 heteroatoms. The molecule has 39 heavy (non-hydrogen) atoms. The number of nitrogens with zero attached hydrogens (tertiary/aromatic N) is 6. The van der Waals surface area contributed by atoms with E-state index >= 15 is 0 Å². The molecule has 4 bridgehead atoms. The Morgan fingerprint density at radius 1 is 0.923 bits per heavy atom. The van der Waals surface area contributed by atoms with Crippen molar-refractivity contribution in [2.75, 3.05) is 26.2 Å². The maximum absolute atomic E-state index is 14.8. The number of rotatable bonds is 8. The lowest BCUT2D eigenvalue weighted by atomic mass is 9.99. The Kier molecular flexibility index (Phi) is 5.66. The highest BCUT2D eigenvalue weighted by Crippen LogP contribution is 2.36. The number of hydrogen-bond acceptors (Lipinski definition) is 12. The summed E-state index contributed by atoms with van der Waals surface area (Å²) in [5.74, 6) is -2.70. The van der Waals surface area contributed by atoms with Crippen LogP contribution in [0.4, 0.5) is 18.4 Å². The number of halogens is 2. The van der Waals surface area contributed by atoms with Crippen molar-refractivity contribution in [2.24, 2.45) is 0 Å². The minimum Gasteiger partial charge on any atom is -0.364 e. The van der Waals surface area contributed by atoms with Gasteiger partial charge >= 0.3 is 34.5 Å². The molecular weight excluding hydrogens is 554 g/mol. The Morgan fingerprint density at radius 3 is 1.95 bits per heavy atom. The molecule has 206 valence electrons. The van der Waals surface area contributed by atoms with Crippen LogP contribution in [-0.2, 0) is 28.5 Å². The second-order valence-electron chi connectivity index (χ2n) is 8.67. The van der Waals surface area contributed by atoms with Crippen LogP contribution in [0, 0.1) is 0 Å². The molecule has 2 saturated heterocycles. The third kappa shape index (κ3) is 4.29. The van der Waals surface area contributed by atoms with E-state index in [0.29, 0.717) is 27.3 Å². The number of carbonyl (C=O) groups is 3. The van der Waals surface area contributed by atoms with Gasteiger partial charge in [-0.25, -0.2) is 14.4 Å². The molecule has 2 fully saturated rings. The van der Waals surface area contributed by atoms with Crippen LogP contribution in [-0.4, -0.2) is 101 Å². The molecule has 6 heterocycles. The van der Waals surface area contributed by atoms with Crippen molar-refractivity contribution in [1.82, 2.24) is 30.2 Å². The fourth-order valence-electron chi connectivity index (χ4n) is 4.63. The third-order valence-electron chi connectivity index (χ3n) is 6.38. The Morgan fingerprint density at radius 2 is 1.44 bits per heavy atom. The molecule has 2 aromatic heterocycles. The van der Waals surface area contributed by atoms with E-state index in [4.69, 9.17) is 9.05 Å². The Balaban J connectivity index is 1.15. The zero-order chi connectivity index (χ0) is 27.5. The quantitative estimate of drug-likeness (QED) is 0.433. The van der Waals surface area contributed by atoms with E-state index in [1.165, 1.54) is 29.8 Å². The largest absolute Gasteiger partial charge is 0.478 e. The van der Waals surface area contributed by atoms with Gasteiger partial charge in [0.25, 0.3) is 0 Å². The zero-order valence-electron chi connectivity index (χ0n) is 19.4. The molecule has 4 amide bonds. The van der Waals surface area contributed by atoms with Gasteiger partial charge in [0, 0.05) is 24.2 Å². The monoisotopic (exact) mass is 570 g/mol. The smallest absolute Gasteiger partial charge is 0.364 e. The highest BCUT2D eigenvalue weighted by molar-refractivity contribution is 7.82. The Labute approximate surface area is 216 Å². The average Bonchev–Trinajstić information content (AvgIpc) is 3.69. The average molecular weight is 570 g/mol. The van der Waals surface area contributed by atoms with Gasteiger partial charge in [-0.2, -0.15) is 32.2 Å². The van der Waals surface area contributed by atoms with Crippen molar-refractivity contribution in [3.63, 3.8) is 0 Å². The maximum Gasteiger partial charge on any atom is 0.478 e. The van der Waals surface area contributed by atoms with Gasteiger partial charge in [0.2, 0.25) is 0 Å². The highest BCUT2D eigenvalue weighted by Gasteiger charge is 2.55. The highest BCUT2D eigenvalue weighted by atomic mass is 32.3. The van der Waals surface area contributed by atoms with Gasteiger partial charge in [-0.15, -0.1) is 4.28 Å². The van der Waals surface area contributed by atoms with Gasteiger partial charge in [-0.3, -0.25) is 0 Å². The lowest BCUT2D eigenvalue weighted by Crippen LogP contribution is -2.46. The molecule has 0 saturated carbocycles. The van der Waals surface area contributed by atoms with Gasteiger partial charge in [0.15, 0.2) is 0 Å². The van der Waals surface area contributed by atoms with Gasteiger partial charge < -0.3 is 23.0 Å². The van der Waals surface area contributed by atoms with Crippen LogP contribution < -0.4 is 0 Å². The van der Waals surface area contributed by atoms with E-state index in [2.05, 4.69) is 23.6 Å². The lowest BCUT2D eigenvalue weighted by molar-refractivity contribution is -0.322. The summed E-state index contributed by atoms with van der Waals surface area (Å²) in [5.41, 5.74) is 1.59. The van der Waals surface area contributed by atoms with Crippen molar-refractivity contribution in [2.45, 2.75) is 18.2 Å². The summed E-state index contributed by atoms with van der Waals surface area (Å²) in [7, 11) is -5.57. The first kappa shape index (κ1) is 24.9. The first-order valence-electron chi connectivity index (χ1n) is 11.2. The van der Waals surface area contributed by atoms with Crippen molar-refractivity contribution < 1.29 is 53.9 Å². The maximum atomic E-state index is 14.8. The third-order valence-corrected chi connectivity index (χ3v) is 7.08. The molecule has 0 radical (unpaired) electrons. The van der Waals surface area contributed by atoms with Crippen molar-refractivity contribution >= 4 is 39.6 Å². The van der Waals surface area contributed by atoms with Crippen molar-refractivity contribution in [3.05, 3.63) is 48.2 Å². The predicted molar refractivity (Wildman–Crippen MR) is 116 cm³/mol. The van der Waals surface area contributed by atoms with E-state index in [1.54, 1.807) is 12.2 Å².